The first-order chi connectivity index (χ1) is 12.6. The highest BCUT2D eigenvalue weighted by atomic mass is 35.5. The molecule has 1 atom stereocenters. The first kappa shape index (κ1) is 21.7. The van der Waals surface area contributed by atoms with E-state index in [0.717, 1.165) is 31.6 Å². The fourth-order valence-electron chi connectivity index (χ4n) is 3.99. The molecule has 2 amide bonds. The maximum Gasteiger partial charge on any atom is 0.227 e. The molecule has 150 valence electrons. The van der Waals surface area contributed by atoms with Crippen LogP contribution in [0.3, 0.4) is 0 Å². The highest BCUT2D eigenvalue weighted by Crippen LogP contribution is 2.28. The van der Waals surface area contributed by atoms with E-state index < -0.39 is 0 Å². The van der Waals surface area contributed by atoms with E-state index in [0.29, 0.717) is 32.0 Å². The van der Waals surface area contributed by atoms with Crippen molar-refractivity contribution in [1.82, 2.24) is 10.2 Å². The second-order valence-electron chi connectivity index (χ2n) is 7.38. The van der Waals surface area contributed by atoms with Crippen LogP contribution in [-0.2, 0) is 22.6 Å². The van der Waals surface area contributed by atoms with Gasteiger partial charge >= 0.3 is 0 Å². The number of nitrogens with two attached hydrogens (primary N) is 1. The van der Waals surface area contributed by atoms with Gasteiger partial charge < -0.3 is 16.0 Å². The summed E-state index contributed by atoms with van der Waals surface area (Å²) in [6.45, 7) is 3.04. The Morgan fingerprint density at radius 1 is 1.30 bits per heavy atom. The van der Waals surface area contributed by atoms with Crippen LogP contribution >= 0.6 is 12.4 Å². The molecule has 1 saturated heterocycles. The maximum absolute atomic E-state index is 11.9. The smallest absolute Gasteiger partial charge is 0.227 e. The number of carbonyl (C=O) groups is 2. The lowest BCUT2D eigenvalue weighted by Crippen LogP contribution is -2.46. The summed E-state index contributed by atoms with van der Waals surface area (Å²) in [6, 6.07) is 6.83. The van der Waals surface area contributed by atoms with Crippen LogP contribution in [0.5, 0.6) is 0 Å². The number of nitrogens with one attached hydrogen (secondary N) is 1. The van der Waals surface area contributed by atoms with Gasteiger partial charge in [-0.3, -0.25) is 14.5 Å². The fourth-order valence-corrected chi connectivity index (χ4v) is 3.99. The zero-order valence-electron chi connectivity index (χ0n) is 16.1. The summed E-state index contributed by atoms with van der Waals surface area (Å²) in [5.74, 6) is 0.231. The van der Waals surface area contributed by atoms with Crippen LogP contribution in [-0.4, -0.2) is 49.4 Å². The second-order valence-corrected chi connectivity index (χ2v) is 7.38. The van der Waals surface area contributed by atoms with Crippen molar-refractivity contribution in [2.75, 3.05) is 31.6 Å². The van der Waals surface area contributed by atoms with E-state index in [-0.39, 0.29) is 24.2 Å². The highest BCUT2D eigenvalue weighted by molar-refractivity contribution is 5.95. The molecule has 7 heteroatoms. The van der Waals surface area contributed by atoms with E-state index in [1.807, 2.05) is 7.05 Å². The summed E-state index contributed by atoms with van der Waals surface area (Å²) < 4.78 is 0. The Hall–Kier alpha value is -1.63. The zero-order chi connectivity index (χ0) is 18.5. The predicted octanol–water partition coefficient (Wildman–Crippen LogP) is 1.84. The Kier molecular flexibility index (Phi) is 8.07. The Morgan fingerprint density at radius 2 is 2.11 bits per heavy atom. The molecule has 27 heavy (non-hydrogen) atoms. The molecule has 0 saturated carbocycles. The monoisotopic (exact) mass is 394 g/mol. The number of hydrogen-bond acceptors (Lipinski definition) is 4. The van der Waals surface area contributed by atoms with Crippen LogP contribution in [0.15, 0.2) is 18.2 Å². The first-order valence-electron chi connectivity index (χ1n) is 9.67. The Morgan fingerprint density at radius 3 is 2.89 bits per heavy atom. The topological polar surface area (TPSA) is 78.7 Å². The van der Waals surface area contributed by atoms with Crippen molar-refractivity contribution in [3.05, 3.63) is 29.3 Å². The molecular formula is C20H31ClN4O2. The second kappa shape index (κ2) is 10.1. The molecule has 0 radical (unpaired) electrons. The lowest BCUT2D eigenvalue weighted by molar-refractivity contribution is -0.121. The van der Waals surface area contributed by atoms with E-state index in [1.54, 1.807) is 4.90 Å². The Bertz CT molecular complexity index is 667. The largest absolute Gasteiger partial charge is 0.354 e. The van der Waals surface area contributed by atoms with Crippen LogP contribution in [0.1, 0.15) is 43.2 Å². The molecule has 2 heterocycles. The van der Waals surface area contributed by atoms with E-state index in [9.17, 15) is 9.59 Å². The summed E-state index contributed by atoms with van der Waals surface area (Å²) in [7, 11) is 1.85. The number of aryl methyl sites for hydroxylation is 1. The molecule has 0 bridgehead atoms. The minimum Gasteiger partial charge on any atom is -0.354 e. The van der Waals surface area contributed by atoms with Crippen molar-refractivity contribution in [2.24, 2.45) is 5.73 Å². The molecule has 1 aromatic rings. The predicted molar refractivity (Wildman–Crippen MR) is 110 cm³/mol. The normalized spacial score (nSPS) is 20.0. The molecule has 0 spiro atoms. The van der Waals surface area contributed by atoms with Crippen molar-refractivity contribution in [3.63, 3.8) is 0 Å². The van der Waals surface area contributed by atoms with Crippen LogP contribution in [0.25, 0.3) is 0 Å². The lowest BCUT2D eigenvalue weighted by atomic mass is 9.97. The summed E-state index contributed by atoms with van der Waals surface area (Å²) in [6.07, 6.45) is 5.34. The third-order valence-electron chi connectivity index (χ3n) is 5.53. The number of nitrogens with zero attached hydrogens (tertiary/aromatic N) is 2. The van der Waals surface area contributed by atoms with E-state index in [1.165, 1.54) is 24.0 Å². The van der Waals surface area contributed by atoms with Crippen molar-refractivity contribution in [3.8, 4) is 0 Å². The van der Waals surface area contributed by atoms with Crippen LogP contribution < -0.4 is 16.0 Å². The minimum absolute atomic E-state index is 0. The van der Waals surface area contributed by atoms with Gasteiger partial charge in [-0.1, -0.05) is 18.6 Å². The van der Waals surface area contributed by atoms with Gasteiger partial charge in [0.25, 0.3) is 0 Å². The molecule has 1 unspecified atom stereocenters. The van der Waals surface area contributed by atoms with Crippen molar-refractivity contribution in [2.45, 2.75) is 51.1 Å². The molecule has 1 fully saturated rings. The molecule has 0 aliphatic carbocycles. The lowest BCUT2D eigenvalue weighted by Gasteiger charge is -2.36. The fraction of sp³-hybridized carbons (Fsp3) is 0.600. The van der Waals surface area contributed by atoms with Gasteiger partial charge in [-0.05, 0) is 43.0 Å². The average Bonchev–Trinajstić information content (AvgIpc) is 2.64. The van der Waals surface area contributed by atoms with Crippen LogP contribution in [0, 0.1) is 0 Å². The number of anilines is 1. The quantitative estimate of drug-likeness (QED) is 0.771. The van der Waals surface area contributed by atoms with Crippen molar-refractivity contribution >= 4 is 29.9 Å². The van der Waals surface area contributed by atoms with E-state index in [2.05, 4.69) is 28.4 Å². The number of rotatable bonds is 6. The number of hydrogen-bond donors (Lipinski definition) is 2. The molecule has 2 aliphatic rings. The van der Waals surface area contributed by atoms with Gasteiger partial charge in [0.1, 0.15) is 0 Å². The molecule has 1 aromatic carbocycles. The van der Waals surface area contributed by atoms with Crippen molar-refractivity contribution in [1.29, 1.82) is 0 Å². The van der Waals surface area contributed by atoms with Gasteiger partial charge in [-0.15, -0.1) is 12.4 Å². The molecular weight excluding hydrogens is 364 g/mol. The zero-order valence-corrected chi connectivity index (χ0v) is 16.9. The standard InChI is InChI=1S/C20H30N4O2.ClH/c1-23-18-7-5-15(12-16(18)6-8-20(23)26)14-24-11-3-2-4-17(24)13-22-19(25)9-10-21;/h5,7,12,17H,2-4,6,8-11,13-14,21H2,1H3,(H,22,25);1H. The van der Waals surface area contributed by atoms with Crippen LogP contribution in [0.4, 0.5) is 5.69 Å². The van der Waals surface area contributed by atoms with Gasteiger partial charge in [-0.2, -0.15) is 0 Å². The van der Waals surface area contributed by atoms with Gasteiger partial charge in [0.15, 0.2) is 0 Å². The number of likely N-dealkylation sites (tertiary alicyclic amines) is 1. The third kappa shape index (κ3) is 5.43. The van der Waals surface area contributed by atoms with Crippen molar-refractivity contribution < 1.29 is 9.59 Å². The number of carbonyl (C=O) groups excluding carboxylic acids is 2. The number of amides is 2. The highest BCUT2D eigenvalue weighted by Gasteiger charge is 2.24. The van der Waals surface area contributed by atoms with E-state index in [4.69, 9.17) is 5.73 Å². The SMILES string of the molecule is CN1C(=O)CCc2cc(CN3CCCCC3CNC(=O)CCN)ccc21.Cl. The van der Waals surface area contributed by atoms with Crippen LogP contribution in [0.2, 0.25) is 0 Å². The number of benzene rings is 1. The summed E-state index contributed by atoms with van der Waals surface area (Å²) in [5.41, 5.74) is 9.02. The summed E-state index contributed by atoms with van der Waals surface area (Å²) in [5, 5.41) is 3.02. The minimum atomic E-state index is 0. The van der Waals surface area contributed by atoms with Gasteiger partial charge in [-0.25, -0.2) is 0 Å². The summed E-state index contributed by atoms with van der Waals surface area (Å²) >= 11 is 0. The maximum atomic E-state index is 11.9. The Labute approximate surface area is 167 Å². The molecule has 6 nitrogen and oxygen atoms in total. The average molecular weight is 395 g/mol. The number of piperidine rings is 1. The first-order valence-corrected chi connectivity index (χ1v) is 9.67. The van der Waals surface area contributed by atoms with Gasteiger partial charge in [0.05, 0.1) is 0 Å². The summed E-state index contributed by atoms with van der Waals surface area (Å²) in [4.78, 5) is 27.8. The Balaban J connectivity index is 0.00000261. The number of halogens is 1. The molecule has 2 aliphatic heterocycles. The third-order valence-corrected chi connectivity index (χ3v) is 5.53. The molecule has 0 aromatic heterocycles. The number of fused-ring (bicyclic) bond motifs is 1. The molecule has 3 N–H and O–H groups in total. The van der Waals surface area contributed by atoms with Gasteiger partial charge in [0, 0.05) is 51.3 Å². The molecule has 3 rings (SSSR count). The van der Waals surface area contributed by atoms with E-state index >= 15 is 0 Å². The van der Waals surface area contributed by atoms with Gasteiger partial charge in [0.2, 0.25) is 11.8 Å².